The Morgan fingerprint density at radius 3 is 2.96 bits per heavy atom. The molecular formula is C18H18FN5OS3. The van der Waals surface area contributed by atoms with Gasteiger partial charge in [0.2, 0.25) is 5.91 Å². The standard InChI is InChI=1S/C18H18FN5OS3/c1-11-2-3-12(19)8-13(11)22-14(25)9-27-17-15-16(20-10-21-17)23-18(28-15)24-4-6-26-7-5-24/h2-3,8,10H,4-7,9H2,1H3,(H,22,25). The van der Waals surface area contributed by atoms with Gasteiger partial charge >= 0.3 is 0 Å². The fraction of sp³-hybridized carbons (Fsp3) is 0.333. The molecule has 1 N–H and O–H groups in total. The molecule has 10 heteroatoms. The van der Waals surface area contributed by atoms with Crippen LogP contribution in [0.4, 0.5) is 15.2 Å². The van der Waals surface area contributed by atoms with Crippen LogP contribution in [0.3, 0.4) is 0 Å². The Morgan fingerprint density at radius 1 is 1.32 bits per heavy atom. The molecule has 1 aliphatic heterocycles. The Labute approximate surface area is 174 Å². The van der Waals surface area contributed by atoms with Crippen molar-refractivity contribution in [3.63, 3.8) is 0 Å². The lowest BCUT2D eigenvalue weighted by Gasteiger charge is -2.25. The van der Waals surface area contributed by atoms with Crippen molar-refractivity contribution in [3.05, 3.63) is 35.9 Å². The summed E-state index contributed by atoms with van der Waals surface area (Å²) >= 11 is 4.86. The molecule has 3 heterocycles. The molecule has 2 aromatic heterocycles. The largest absolute Gasteiger partial charge is 0.346 e. The second kappa shape index (κ2) is 8.62. The minimum atomic E-state index is -0.376. The number of thioether (sulfide) groups is 2. The van der Waals surface area contributed by atoms with Gasteiger partial charge in [-0.2, -0.15) is 16.7 Å². The monoisotopic (exact) mass is 435 g/mol. The van der Waals surface area contributed by atoms with E-state index in [-0.39, 0.29) is 17.5 Å². The first-order valence-electron chi connectivity index (χ1n) is 8.73. The van der Waals surface area contributed by atoms with Crippen molar-refractivity contribution in [2.75, 3.05) is 40.6 Å². The summed E-state index contributed by atoms with van der Waals surface area (Å²) in [4.78, 5) is 27.8. The van der Waals surface area contributed by atoms with Gasteiger partial charge in [0, 0.05) is 30.3 Å². The lowest BCUT2D eigenvalue weighted by Crippen LogP contribution is -2.32. The lowest BCUT2D eigenvalue weighted by molar-refractivity contribution is -0.113. The molecule has 1 saturated heterocycles. The van der Waals surface area contributed by atoms with Crippen LogP contribution in [0.5, 0.6) is 0 Å². The number of benzene rings is 1. The molecule has 0 unspecified atom stereocenters. The summed E-state index contributed by atoms with van der Waals surface area (Å²) in [5.74, 6) is 1.80. The van der Waals surface area contributed by atoms with Crippen LogP contribution >= 0.6 is 34.9 Å². The minimum absolute atomic E-state index is 0.176. The van der Waals surface area contributed by atoms with Crippen LogP contribution in [0.15, 0.2) is 29.6 Å². The molecule has 0 bridgehead atoms. The summed E-state index contributed by atoms with van der Waals surface area (Å²) in [6.07, 6.45) is 1.48. The molecule has 0 radical (unpaired) electrons. The molecule has 1 amide bonds. The molecule has 146 valence electrons. The van der Waals surface area contributed by atoms with Crippen molar-refractivity contribution < 1.29 is 9.18 Å². The van der Waals surface area contributed by atoms with Gasteiger partial charge in [0.15, 0.2) is 10.8 Å². The molecule has 28 heavy (non-hydrogen) atoms. The van der Waals surface area contributed by atoms with Gasteiger partial charge in [-0.15, -0.1) is 0 Å². The van der Waals surface area contributed by atoms with Gasteiger partial charge in [0.25, 0.3) is 0 Å². The van der Waals surface area contributed by atoms with Gasteiger partial charge in [-0.25, -0.2) is 14.4 Å². The number of hydrogen-bond donors (Lipinski definition) is 1. The van der Waals surface area contributed by atoms with Crippen LogP contribution in [0, 0.1) is 12.7 Å². The van der Waals surface area contributed by atoms with E-state index in [0.29, 0.717) is 11.3 Å². The van der Waals surface area contributed by atoms with E-state index in [2.05, 4.69) is 25.2 Å². The predicted octanol–water partition coefficient (Wildman–Crippen LogP) is 3.82. The number of thiazole rings is 1. The molecule has 0 spiro atoms. The zero-order valence-corrected chi connectivity index (χ0v) is 17.6. The van der Waals surface area contributed by atoms with Crippen LogP contribution in [0.2, 0.25) is 0 Å². The topological polar surface area (TPSA) is 71.0 Å². The highest BCUT2D eigenvalue weighted by Gasteiger charge is 2.18. The van der Waals surface area contributed by atoms with Gasteiger partial charge < -0.3 is 10.2 Å². The Hall–Kier alpha value is -1.91. The molecular weight excluding hydrogens is 417 g/mol. The molecule has 0 saturated carbocycles. The summed E-state index contributed by atoms with van der Waals surface area (Å²) < 4.78 is 14.3. The number of halogens is 1. The van der Waals surface area contributed by atoms with E-state index in [0.717, 1.165) is 45.0 Å². The zero-order chi connectivity index (χ0) is 19.5. The third kappa shape index (κ3) is 4.39. The van der Waals surface area contributed by atoms with Crippen LogP contribution < -0.4 is 10.2 Å². The second-order valence-corrected chi connectivity index (χ2v) is 9.39. The number of hydrogen-bond acceptors (Lipinski definition) is 8. The number of nitrogens with zero attached hydrogens (tertiary/aromatic N) is 4. The predicted molar refractivity (Wildman–Crippen MR) is 115 cm³/mol. The fourth-order valence-corrected chi connectivity index (χ4v) is 5.61. The average molecular weight is 436 g/mol. The van der Waals surface area contributed by atoms with E-state index in [1.165, 1.54) is 30.2 Å². The summed E-state index contributed by atoms with van der Waals surface area (Å²) in [5.41, 5.74) is 1.97. The summed E-state index contributed by atoms with van der Waals surface area (Å²) in [6.45, 7) is 3.79. The molecule has 6 nitrogen and oxygen atoms in total. The minimum Gasteiger partial charge on any atom is -0.346 e. The van der Waals surface area contributed by atoms with Gasteiger partial charge in [-0.1, -0.05) is 29.2 Å². The maximum Gasteiger partial charge on any atom is 0.234 e. The van der Waals surface area contributed by atoms with E-state index in [1.54, 1.807) is 17.4 Å². The van der Waals surface area contributed by atoms with Crippen molar-refractivity contribution >= 4 is 61.9 Å². The van der Waals surface area contributed by atoms with Crippen molar-refractivity contribution in [2.45, 2.75) is 11.9 Å². The molecule has 1 aromatic carbocycles. The average Bonchev–Trinajstić information content (AvgIpc) is 3.15. The van der Waals surface area contributed by atoms with Gasteiger partial charge in [0.1, 0.15) is 21.9 Å². The van der Waals surface area contributed by atoms with E-state index in [9.17, 15) is 9.18 Å². The first kappa shape index (κ1) is 19.4. The normalized spacial score (nSPS) is 14.4. The summed E-state index contributed by atoms with van der Waals surface area (Å²) in [5, 5.41) is 4.46. The number of carbonyl (C=O) groups is 1. The number of rotatable bonds is 5. The highest BCUT2D eigenvalue weighted by atomic mass is 32.2. The van der Waals surface area contributed by atoms with E-state index >= 15 is 0 Å². The molecule has 0 aliphatic carbocycles. The van der Waals surface area contributed by atoms with Crippen molar-refractivity contribution in [1.82, 2.24) is 15.0 Å². The summed E-state index contributed by atoms with van der Waals surface area (Å²) in [7, 11) is 0. The number of anilines is 2. The molecule has 1 fully saturated rings. The molecule has 4 rings (SSSR count). The molecule has 1 aliphatic rings. The number of amides is 1. The third-order valence-electron chi connectivity index (χ3n) is 4.24. The SMILES string of the molecule is Cc1ccc(F)cc1NC(=O)CSc1ncnc2nc(N3CCSCC3)sc12. The van der Waals surface area contributed by atoms with Crippen LogP contribution in [0.25, 0.3) is 10.3 Å². The Kier molecular flexibility index (Phi) is 5.98. The van der Waals surface area contributed by atoms with Gasteiger partial charge in [0.05, 0.1) is 5.75 Å². The Balaban J connectivity index is 1.46. The van der Waals surface area contributed by atoms with E-state index < -0.39 is 0 Å². The lowest BCUT2D eigenvalue weighted by atomic mass is 10.2. The molecule has 3 aromatic rings. The van der Waals surface area contributed by atoms with E-state index in [4.69, 9.17) is 0 Å². The number of aryl methyl sites for hydroxylation is 1. The fourth-order valence-electron chi connectivity index (χ4n) is 2.76. The van der Waals surface area contributed by atoms with Crippen LogP contribution in [0.1, 0.15) is 5.56 Å². The number of fused-ring (bicyclic) bond motifs is 1. The highest BCUT2D eigenvalue weighted by Crippen LogP contribution is 2.34. The first-order valence-corrected chi connectivity index (χ1v) is 11.7. The second-order valence-electron chi connectivity index (χ2n) is 6.22. The number of aromatic nitrogens is 3. The highest BCUT2D eigenvalue weighted by molar-refractivity contribution is 8.00. The van der Waals surface area contributed by atoms with Crippen molar-refractivity contribution in [1.29, 1.82) is 0 Å². The van der Waals surface area contributed by atoms with Crippen LogP contribution in [-0.2, 0) is 4.79 Å². The molecule has 0 atom stereocenters. The Morgan fingerprint density at radius 2 is 2.14 bits per heavy atom. The number of nitrogens with one attached hydrogen (secondary N) is 1. The maximum absolute atomic E-state index is 13.4. The number of carbonyl (C=O) groups excluding carboxylic acids is 1. The van der Waals surface area contributed by atoms with E-state index in [1.807, 2.05) is 18.7 Å². The van der Waals surface area contributed by atoms with Gasteiger partial charge in [-0.3, -0.25) is 4.79 Å². The first-order chi connectivity index (χ1) is 13.6. The quantitative estimate of drug-likeness (QED) is 0.483. The maximum atomic E-state index is 13.4. The zero-order valence-electron chi connectivity index (χ0n) is 15.1. The Bertz CT molecular complexity index is 1010. The smallest absolute Gasteiger partial charge is 0.234 e. The van der Waals surface area contributed by atoms with Crippen LogP contribution in [-0.4, -0.2) is 51.2 Å². The van der Waals surface area contributed by atoms with Crippen molar-refractivity contribution in [2.24, 2.45) is 0 Å². The third-order valence-corrected chi connectivity index (χ3v) is 7.42. The van der Waals surface area contributed by atoms with Gasteiger partial charge in [-0.05, 0) is 24.6 Å². The van der Waals surface area contributed by atoms with Crippen molar-refractivity contribution in [3.8, 4) is 0 Å². The summed E-state index contributed by atoms with van der Waals surface area (Å²) in [6, 6.07) is 4.34.